The lowest BCUT2D eigenvalue weighted by atomic mass is 9.80. The average Bonchev–Trinajstić information content (AvgIpc) is 2.90. The van der Waals surface area contributed by atoms with Crippen LogP contribution in [-0.2, 0) is 5.41 Å². The molecular formula is C15H25N3O. The Hall–Kier alpha value is -0.900. The number of rotatable bonds is 2. The summed E-state index contributed by atoms with van der Waals surface area (Å²) in [6, 6.07) is 0. The fraction of sp³-hybridized carbons (Fsp3) is 0.867. The second kappa shape index (κ2) is 5.23. The molecule has 1 saturated heterocycles. The number of aromatic nitrogens is 2. The number of nitrogens with one attached hydrogen (secondary N) is 1. The predicted molar refractivity (Wildman–Crippen MR) is 74.1 cm³/mol. The van der Waals surface area contributed by atoms with E-state index in [9.17, 15) is 0 Å². The van der Waals surface area contributed by atoms with Gasteiger partial charge in [0, 0.05) is 11.3 Å². The van der Waals surface area contributed by atoms with E-state index >= 15 is 0 Å². The van der Waals surface area contributed by atoms with Gasteiger partial charge in [0.15, 0.2) is 5.82 Å². The van der Waals surface area contributed by atoms with E-state index in [0.29, 0.717) is 5.92 Å². The Labute approximate surface area is 115 Å². The van der Waals surface area contributed by atoms with Crippen LogP contribution in [0.25, 0.3) is 0 Å². The van der Waals surface area contributed by atoms with Crippen LogP contribution in [0, 0.1) is 5.92 Å². The SMILES string of the molecule is CC1CCCC(c2noc(C3(C)CCNCC3)n2)C1. The highest BCUT2D eigenvalue weighted by Gasteiger charge is 2.35. The monoisotopic (exact) mass is 263 g/mol. The number of piperidine rings is 1. The predicted octanol–water partition coefficient (Wildman–Crippen LogP) is 3.00. The van der Waals surface area contributed by atoms with Gasteiger partial charge in [0.25, 0.3) is 0 Å². The van der Waals surface area contributed by atoms with Gasteiger partial charge in [-0.2, -0.15) is 4.98 Å². The first-order chi connectivity index (χ1) is 9.17. The molecule has 0 radical (unpaired) electrons. The highest BCUT2D eigenvalue weighted by Crippen LogP contribution is 2.37. The molecule has 1 aromatic rings. The van der Waals surface area contributed by atoms with Crippen LogP contribution in [0.1, 0.15) is 70.0 Å². The third kappa shape index (κ3) is 2.69. The van der Waals surface area contributed by atoms with E-state index in [2.05, 4.69) is 24.3 Å². The molecule has 0 amide bonds. The third-order valence-electron chi connectivity index (χ3n) is 4.97. The van der Waals surface area contributed by atoms with Crippen molar-refractivity contribution < 1.29 is 4.52 Å². The molecule has 19 heavy (non-hydrogen) atoms. The Kier molecular flexibility index (Phi) is 3.61. The van der Waals surface area contributed by atoms with E-state index in [4.69, 9.17) is 9.51 Å². The first-order valence-corrected chi connectivity index (χ1v) is 7.72. The molecule has 3 rings (SSSR count). The fourth-order valence-electron chi connectivity index (χ4n) is 3.51. The minimum Gasteiger partial charge on any atom is -0.339 e. The van der Waals surface area contributed by atoms with E-state index < -0.39 is 0 Å². The van der Waals surface area contributed by atoms with E-state index in [0.717, 1.165) is 43.6 Å². The molecular weight excluding hydrogens is 238 g/mol. The zero-order valence-electron chi connectivity index (χ0n) is 12.1. The van der Waals surface area contributed by atoms with Gasteiger partial charge >= 0.3 is 0 Å². The summed E-state index contributed by atoms with van der Waals surface area (Å²) >= 11 is 0. The Morgan fingerprint density at radius 2 is 2.05 bits per heavy atom. The van der Waals surface area contributed by atoms with Gasteiger partial charge < -0.3 is 9.84 Å². The Bertz CT molecular complexity index is 423. The van der Waals surface area contributed by atoms with Crippen LogP contribution in [0.3, 0.4) is 0 Å². The van der Waals surface area contributed by atoms with E-state index in [1.54, 1.807) is 0 Å². The van der Waals surface area contributed by atoms with Crippen LogP contribution < -0.4 is 5.32 Å². The van der Waals surface area contributed by atoms with E-state index in [1.807, 2.05) is 0 Å². The number of nitrogens with zero attached hydrogens (tertiary/aromatic N) is 2. The van der Waals surface area contributed by atoms with Gasteiger partial charge in [0.1, 0.15) is 0 Å². The van der Waals surface area contributed by atoms with Gasteiger partial charge in [-0.1, -0.05) is 31.8 Å². The molecule has 2 fully saturated rings. The van der Waals surface area contributed by atoms with Crippen LogP contribution in [-0.4, -0.2) is 23.2 Å². The molecule has 4 nitrogen and oxygen atoms in total. The Balaban J connectivity index is 1.75. The van der Waals surface area contributed by atoms with Gasteiger partial charge in [-0.25, -0.2) is 0 Å². The van der Waals surface area contributed by atoms with Crippen molar-refractivity contribution in [2.75, 3.05) is 13.1 Å². The summed E-state index contributed by atoms with van der Waals surface area (Å²) in [6.45, 7) is 6.69. The van der Waals surface area contributed by atoms with Gasteiger partial charge in [-0.3, -0.25) is 0 Å². The maximum Gasteiger partial charge on any atom is 0.232 e. The van der Waals surface area contributed by atoms with Gasteiger partial charge in [-0.15, -0.1) is 0 Å². The molecule has 2 heterocycles. The fourth-order valence-corrected chi connectivity index (χ4v) is 3.51. The second-order valence-corrected chi connectivity index (χ2v) is 6.74. The molecule has 4 heteroatoms. The molecule has 0 bridgehead atoms. The van der Waals surface area contributed by atoms with Crippen molar-refractivity contribution in [2.24, 2.45) is 5.92 Å². The normalized spacial score (nSPS) is 31.3. The molecule has 2 atom stereocenters. The molecule has 106 valence electrons. The van der Waals surface area contributed by atoms with Crippen molar-refractivity contribution >= 4 is 0 Å². The summed E-state index contributed by atoms with van der Waals surface area (Å²) in [6.07, 6.45) is 7.28. The zero-order valence-corrected chi connectivity index (χ0v) is 12.1. The van der Waals surface area contributed by atoms with Crippen molar-refractivity contribution in [2.45, 2.75) is 63.7 Å². The third-order valence-corrected chi connectivity index (χ3v) is 4.97. The Morgan fingerprint density at radius 3 is 2.79 bits per heavy atom. The first-order valence-electron chi connectivity index (χ1n) is 7.72. The topological polar surface area (TPSA) is 51.0 Å². The summed E-state index contributed by atoms with van der Waals surface area (Å²) in [5.41, 5.74) is 0.0801. The van der Waals surface area contributed by atoms with Crippen LogP contribution in [0.2, 0.25) is 0 Å². The lowest BCUT2D eigenvalue weighted by Gasteiger charge is -2.30. The van der Waals surface area contributed by atoms with Crippen molar-refractivity contribution in [3.05, 3.63) is 11.7 Å². The van der Waals surface area contributed by atoms with Crippen molar-refractivity contribution in [1.82, 2.24) is 15.5 Å². The van der Waals surface area contributed by atoms with Crippen LogP contribution in [0.5, 0.6) is 0 Å². The van der Waals surface area contributed by atoms with E-state index in [-0.39, 0.29) is 5.41 Å². The largest absolute Gasteiger partial charge is 0.339 e. The molecule has 1 aromatic heterocycles. The molecule has 1 aliphatic heterocycles. The van der Waals surface area contributed by atoms with Gasteiger partial charge in [0.2, 0.25) is 5.89 Å². The summed E-state index contributed by atoms with van der Waals surface area (Å²) < 4.78 is 5.61. The lowest BCUT2D eigenvalue weighted by molar-refractivity contribution is 0.239. The van der Waals surface area contributed by atoms with Crippen LogP contribution in [0.15, 0.2) is 4.52 Å². The van der Waals surface area contributed by atoms with E-state index in [1.165, 1.54) is 25.7 Å². The minimum absolute atomic E-state index is 0.0801. The molecule has 1 saturated carbocycles. The quantitative estimate of drug-likeness (QED) is 0.891. The molecule has 2 unspecified atom stereocenters. The number of hydrogen-bond acceptors (Lipinski definition) is 4. The summed E-state index contributed by atoms with van der Waals surface area (Å²) in [5.74, 6) is 3.14. The minimum atomic E-state index is 0.0801. The lowest BCUT2D eigenvalue weighted by Crippen LogP contribution is -2.37. The molecule has 0 aromatic carbocycles. The van der Waals surface area contributed by atoms with Crippen molar-refractivity contribution in [3.63, 3.8) is 0 Å². The smallest absolute Gasteiger partial charge is 0.232 e. The highest BCUT2D eigenvalue weighted by atomic mass is 16.5. The molecule has 2 aliphatic rings. The standard InChI is InChI=1S/C15H25N3O/c1-11-4-3-5-12(10-11)13-17-14(19-18-13)15(2)6-8-16-9-7-15/h11-12,16H,3-10H2,1-2H3. The average molecular weight is 263 g/mol. The van der Waals surface area contributed by atoms with Crippen LogP contribution >= 0.6 is 0 Å². The Morgan fingerprint density at radius 1 is 1.26 bits per heavy atom. The molecule has 0 spiro atoms. The summed E-state index contributed by atoms with van der Waals surface area (Å²) in [4.78, 5) is 4.76. The van der Waals surface area contributed by atoms with Crippen molar-refractivity contribution in [1.29, 1.82) is 0 Å². The van der Waals surface area contributed by atoms with Crippen LogP contribution in [0.4, 0.5) is 0 Å². The summed E-state index contributed by atoms with van der Waals surface area (Å²) in [7, 11) is 0. The maximum absolute atomic E-state index is 5.61. The summed E-state index contributed by atoms with van der Waals surface area (Å²) in [5, 5.41) is 7.68. The first kappa shape index (κ1) is 13.1. The van der Waals surface area contributed by atoms with Gasteiger partial charge in [0.05, 0.1) is 0 Å². The molecule has 1 aliphatic carbocycles. The van der Waals surface area contributed by atoms with Crippen molar-refractivity contribution in [3.8, 4) is 0 Å². The number of hydrogen-bond donors (Lipinski definition) is 1. The van der Waals surface area contributed by atoms with Gasteiger partial charge in [-0.05, 0) is 44.7 Å². The highest BCUT2D eigenvalue weighted by molar-refractivity contribution is 5.07. The second-order valence-electron chi connectivity index (χ2n) is 6.74. The molecule has 1 N–H and O–H groups in total. The zero-order chi connectivity index (χ0) is 13.3. The maximum atomic E-state index is 5.61.